The fraction of sp³-hybridized carbons (Fsp3) is 0.600. The molecule has 0 aromatic heterocycles. The lowest BCUT2D eigenvalue weighted by Gasteiger charge is -1.94. The zero-order chi connectivity index (χ0) is 6.41. The van der Waals surface area contributed by atoms with E-state index in [2.05, 4.69) is 0 Å². The molecule has 0 spiro atoms. The number of rotatable bonds is 3. The zero-order valence-corrected chi connectivity index (χ0v) is 4.87. The summed E-state index contributed by atoms with van der Waals surface area (Å²) in [4.78, 5) is 0. The highest BCUT2D eigenvalue weighted by Crippen LogP contribution is 1.77. The molecule has 0 saturated heterocycles. The molecule has 0 aliphatic rings. The predicted molar refractivity (Wildman–Crippen MR) is 31.0 cm³/mol. The number of ether oxygens (including phenoxy) is 1. The van der Waals surface area contributed by atoms with Crippen LogP contribution in [0.25, 0.3) is 0 Å². The molecule has 3 N–H and O–H groups in total. The van der Waals surface area contributed by atoms with E-state index in [-0.39, 0.29) is 0 Å². The van der Waals surface area contributed by atoms with Crippen molar-refractivity contribution in [3.05, 3.63) is 12.3 Å². The average molecular weight is 117 g/mol. The van der Waals surface area contributed by atoms with Gasteiger partial charge in [0.2, 0.25) is 0 Å². The molecular weight excluding hydrogens is 106 g/mol. The van der Waals surface area contributed by atoms with Gasteiger partial charge < -0.3 is 15.6 Å². The standard InChI is InChI=1S/C5H11NO2/c1-2-8-4-3-5(6)7/h3-5,7H,2,6H2,1H3/b4-3+/t5-/m0/s1. The van der Waals surface area contributed by atoms with Gasteiger partial charge in [0.1, 0.15) is 6.23 Å². The Morgan fingerprint density at radius 2 is 2.50 bits per heavy atom. The largest absolute Gasteiger partial charge is 0.502 e. The van der Waals surface area contributed by atoms with Gasteiger partial charge in [0.25, 0.3) is 0 Å². The second-order valence-corrected chi connectivity index (χ2v) is 1.27. The van der Waals surface area contributed by atoms with Crippen LogP contribution in [0.1, 0.15) is 6.92 Å². The Balaban J connectivity index is 3.07. The number of nitrogens with two attached hydrogens (primary N) is 1. The van der Waals surface area contributed by atoms with Gasteiger partial charge >= 0.3 is 0 Å². The molecule has 48 valence electrons. The minimum Gasteiger partial charge on any atom is -0.502 e. The molecule has 3 nitrogen and oxygen atoms in total. The normalized spacial score (nSPS) is 14.4. The molecule has 0 aromatic carbocycles. The van der Waals surface area contributed by atoms with Crippen molar-refractivity contribution < 1.29 is 9.84 Å². The van der Waals surface area contributed by atoms with Gasteiger partial charge in [-0.1, -0.05) is 0 Å². The maximum absolute atomic E-state index is 8.39. The third-order valence-electron chi connectivity index (χ3n) is 0.539. The van der Waals surface area contributed by atoms with Crippen LogP contribution >= 0.6 is 0 Å². The van der Waals surface area contributed by atoms with Crippen LogP contribution in [0.3, 0.4) is 0 Å². The highest BCUT2D eigenvalue weighted by atomic mass is 16.5. The molecule has 1 atom stereocenters. The number of hydrogen-bond acceptors (Lipinski definition) is 3. The number of hydrogen-bond donors (Lipinski definition) is 2. The second kappa shape index (κ2) is 4.61. The van der Waals surface area contributed by atoms with Crippen LogP contribution in [-0.2, 0) is 4.74 Å². The molecule has 8 heavy (non-hydrogen) atoms. The van der Waals surface area contributed by atoms with Crippen molar-refractivity contribution in [3.8, 4) is 0 Å². The lowest BCUT2D eigenvalue weighted by Crippen LogP contribution is -2.14. The van der Waals surface area contributed by atoms with Crippen molar-refractivity contribution in [1.82, 2.24) is 0 Å². The third-order valence-corrected chi connectivity index (χ3v) is 0.539. The summed E-state index contributed by atoms with van der Waals surface area (Å²) in [6, 6.07) is 0. The molecule has 0 fully saturated rings. The van der Waals surface area contributed by atoms with Crippen LogP contribution in [0.4, 0.5) is 0 Å². The monoisotopic (exact) mass is 117 g/mol. The topological polar surface area (TPSA) is 55.5 Å². The van der Waals surface area contributed by atoms with Crippen molar-refractivity contribution >= 4 is 0 Å². The first-order valence-corrected chi connectivity index (χ1v) is 2.49. The summed E-state index contributed by atoms with van der Waals surface area (Å²) in [5.41, 5.74) is 4.92. The minimum absolute atomic E-state index is 0.600. The first-order chi connectivity index (χ1) is 3.77. The summed E-state index contributed by atoms with van der Waals surface area (Å²) >= 11 is 0. The molecular formula is C5H11NO2. The minimum atomic E-state index is -0.901. The van der Waals surface area contributed by atoms with Crippen LogP contribution < -0.4 is 5.73 Å². The Morgan fingerprint density at radius 3 is 2.88 bits per heavy atom. The first-order valence-electron chi connectivity index (χ1n) is 2.49. The fourth-order valence-corrected chi connectivity index (χ4v) is 0.232. The van der Waals surface area contributed by atoms with E-state index >= 15 is 0 Å². The van der Waals surface area contributed by atoms with E-state index in [1.54, 1.807) is 0 Å². The summed E-state index contributed by atoms with van der Waals surface area (Å²) in [5.74, 6) is 0. The molecule has 0 unspecified atom stereocenters. The van der Waals surface area contributed by atoms with Crippen molar-refractivity contribution in [2.45, 2.75) is 13.2 Å². The molecule has 0 heterocycles. The van der Waals surface area contributed by atoms with Gasteiger partial charge in [-0.05, 0) is 13.0 Å². The average Bonchev–Trinajstić information content (AvgIpc) is 1.66. The van der Waals surface area contributed by atoms with E-state index in [1.807, 2.05) is 6.92 Å². The molecule has 0 rings (SSSR count). The van der Waals surface area contributed by atoms with Gasteiger partial charge in [0.05, 0.1) is 12.9 Å². The van der Waals surface area contributed by atoms with E-state index < -0.39 is 6.23 Å². The van der Waals surface area contributed by atoms with Gasteiger partial charge in [-0.25, -0.2) is 0 Å². The molecule has 0 amide bonds. The molecule has 0 saturated carbocycles. The van der Waals surface area contributed by atoms with Crippen molar-refractivity contribution in [2.24, 2.45) is 5.73 Å². The summed E-state index contributed by atoms with van der Waals surface area (Å²) in [5, 5.41) is 8.39. The molecule has 0 aromatic rings. The predicted octanol–water partition coefficient (Wildman–Crippen LogP) is -0.186. The Bertz CT molecular complexity index is 70.8. The molecule has 0 aliphatic carbocycles. The van der Waals surface area contributed by atoms with E-state index in [0.717, 1.165) is 0 Å². The van der Waals surface area contributed by atoms with Gasteiger partial charge in [-0.3, -0.25) is 0 Å². The van der Waals surface area contributed by atoms with Gasteiger partial charge in [0.15, 0.2) is 0 Å². The number of aliphatic hydroxyl groups excluding tert-OH is 1. The van der Waals surface area contributed by atoms with Crippen LogP contribution in [-0.4, -0.2) is 17.9 Å². The van der Waals surface area contributed by atoms with Crippen molar-refractivity contribution in [2.75, 3.05) is 6.61 Å². The highest BCUT2D eigenvalue weighted by Gasteiger charge is 1.81. The number of aliphatic hydroxyl groups is 1. The zero-order valence-electron chi connectivity index (χ0n) is 4.87. The molecule has 3 heteroatoms. The Morgan fingerprint density at radius 1 is 1.88 bits per heavy atom. The Kier molecular flexibility index (Phi) is 4.30. The van der Waals surface area contributed by atoms with E-state index in [9.17, 15) is 0 Å². The van der Waals surface area contributed by atoms with Gasteiger partial charge in [0, 0.05) is 0 Å². The lowest BCUT2D eigenvalue weighted by atomic mass is 10.6. The summed E-state index contributed by atoms with van der Waals surface area (Å²) in [6.45, 7) is 2.45. The first kappa shape index (κ1) is 7.46. The fourth-order valence-electron chi connectivity index (χ4n) is 0.232. The Hall–Kier alpha value is -0.540. The van der Waals surface area contributed by atoms with Gasteiger partial charge in [-0.2, -0.15) is 0 Å². The maximum Gasteiger partial charge on any atom is 0.124 e. The Labute approximate surface area is 48.8 Å². The third kappa shape index (κ3) is 5.46. The SMILES string of the molecule is CCO/C=C/[C@@H](N)O. The van der Waals surface area contributed by atoms with Crippen molar-refractivity contribution in [1.29, 1.82) is 0 Å². The van der Waals surface area contributed by atoms with Crippen molar-refractivity contribution in [3.63, 3.8) is 0 Å². The van der Waals surface area contributed by atoms with Crippen LogP contribution in [0, 0.1) is 0 Å². The molecule has 0 bridgehead atoms. The summed E-state index contributed by atoms with van der Waals surface area (Å²) in [7, 11) is 0. The molecule has 0 radical (unpaired) electrons. The lowest BCUT2D eigenvalue weighted by molar-refractivity contribution is 0.217. The highest BCUT2D eigenvalue weighted by molar-refractivity contribution is 4.77. The van der Waals surface area contributed by atoms with Gasteiger partial charge in [-0.15, -0.1) is 0 Å². The second-order valence-electron chi connectivity index (χ2n) is 1.27. The van der Waals surface area contributed by atoms with E-state index in [4.69, 9.17) is 15.6 Å². The van der Waals surface area contributed by atoms with Crippen LogP contribution in [0.5, 0.6) is 0 Å². The smallest absolute Gasteiger partial charge is 0.124 e. The summed E-state index contributed by atoms with van der Waals surface area (Å²) in [6.07, 6.45) is 1.84. The van der Waals surface area contributed by atoms with E-state index in [0.29, 0.717) is 6.61 Å². The molecule has 0 aliphatic heterocycles. The van der Waals surface area contributed by atoms with Crippen LogP contribution in [0.15, 0.2) is 12.3 Å². The van der Waals surface area contributed by atoms with E-state index in [1.165, 1.54) is 12.3 Å². The van der Waals surface area contributed by atoms with Crippen LogP contribution in [0.2, 0.25) is 0 Å². The summed E-state index contributed by atoms with van der Waals surface area (Å²) < 4.78 is 4.72. The quantitative estimate of drug-likeness (QED) is 0.398. The maximum atomic E-state index is 8.39.